The summed E-state index contributed by atoms with van der Waals surface area (Å²) >= 11 is 1.51. The maximum atomic E-state index is 12.0. The highest BCUT2D eigenvalue weighted by molar-refractivity contribution is 7.99. The minimum atomic E-state index is -0.569. The molecule has 0 saturated heterocycles. The zero-order valence-electron chi connectivity index (χ0n) is 15.9. The predicted octanol–water partition coefficient (Wildman–Crippen LogP) is 3.86. The number of ether oxygens (including phenoxy) is 2. The molecule has 0 atom stereocenters. The Labute approximate surface area is 181 Å². The monoisotopic (exact) mass is 430 g/mol. The van der Waals surface area contributed by atoms with Crippen LogP contribution in [0.2, 0.25) is 0 Å². The van der Waals surface area contributed by atoms with Crippen LogP contribution in [0.25, 0.3) is 0 Å². The molecule has 152 valence electrons. The number of esters is 2. The van der Waals surface area contributed by atoms with Crippen LogP contribution in [0.1, 0.15) is 21.0 Å². The second-order valence-electron chi connectivity index (χ2n) is 6.01. The normalized spacial score (nSPS) is 10.3. The number of nitrogens with zero attached hydrogens (tertiary/aromatic N) is 4. The molecule has 0 N–H and O–H groups in total. The smallest absolute Gasteiger partial charge is 0.363 e. The second kappa shape index (κ2) is 9.59. The van der Waals surface area contributed by atoms with Crippen molar-refractivity contribution in [1.29, 1.82) is 0 Å². The van der Waals surface area contributed by atoms with Crippen molar-refractivity contribution in [2.45, 2.75) is 9.79 Å². The van der Waals surface area contributed by atoms with Gasteiger partial charge in [-0.15, -0.1) is 0 Å². The van der Waals surface area contributed by atoms with Gasteiger partial charge in [0, 0.05) is 34.6 Å². The SMILES string of the molecule is O=C(Oc1ccc(Sc2ccc(OC(=O)c3cnccn3)cc2)cc1)c1cnccn1. The summed E-state index contributed by atoms with van der Waals surface area (Å²) in [5, 5.41) is 0. The molecular formula is C22H14N4O4S. The van der Waals surface area contributed by atoms with E-state index in [0.717, 1.165) is 9.79 Å². The highest BCUT2D eigenvalue weighted by Gasteiger charge is 2.11. The average Bonchev–Trinajstić information content (AvgIpc) is 2.82. The van der Waals surface area contributed by atoms with Gasteiger partial charge in [-0.05, 0) is 48.5 Å². The standard InChI is InChI=1S/C22H14N4O4S/c27-21(19-13-23-9-11-25-19)29-15-1-5-17(6-2-15)31-18-7-3-16(4-8-18)30-22(28)20-14-24-10-12-26-20/h1-14H. The number of carbonyl (C=O) groups excluding carboxylic acids is 2. The molecule has 0 spiro atoms. The molecule has 0 saturated carbocycles. The van der Waals surface area contributed by atoms with Crippen molar-refractivity contribution in [3.05, 3.63) is 97.1 Å². The molecule has 9 heteroatoms. The summed E-state index contributed by atoms with van der Waals surface area (Å²) in [5.41, 5.74) is 0.280. The molecule has 2 heterocycles. The molecule has 0 bridgehead atoms. The maximum Gasteiger partial charge on any atom is 0.363 e. The van der Waals surface area contributed by atoms with Crippen molar-refractivity contribution in [2.24, 2.45) is 0 Å². The first-order valence-electron chi connectivity index (χ1n) is 9.02. The Morgan fingerprint density at radius 2 is 1.03 bits per heavy atom. The zero-order chi connectivity index (χ0) is 21.5. The van der Waals surface area contributed by atoms with Crippen molar-refractivity contribution in [3.63, 3.8) is 0 Å². The summed E-state index contributed by atoms with van der Waals surface area (Å²) in [6.07, 6.45) is 8.52. The van der Waals surface area contributed by atoms with Crippen LogP contribution in [0.5, 0.6) is 11.5 Å². The summed E-state index contributed by atoms with van der Waals surface area (Å²) < 4.78 is 10.6. The first-order chi connectivity index (χ1) is 15.2. The highest BCUT2D eigenvalue weighted by atomic mass is 32.2. The molecule has 0 radical (unpaired) electrons. The van der Waals surface area contributed by atoms with E-state index in [1.807, 2.05) is 24.3 Å². The van der Waals surface area contributed by atoms with Gasteiger partial charge in [0.25, 0.3) is 0 Å². The van der Waals surface area contributed by atoms with E-state index in [9.17, 15) is 9.59 Å². The molecule has 0 aliphatic carbocycles. The van der Waals surface area contributed by atoms with E-state index < -0.39 is 11.9 Å². The van der Waals surface area contributed by atoms with Gasteiger partial charge in [-0.25, -0.2) is 19.6 Å². The lowest BCUT2D eigenvalue weighted by Gasteiger charge is -2.07. The number of carbonyl (C=O) groups is 2. The average molecular weight is 430 g/mol. The van der Waals surface area contributed by atoms with Gasteiger partial charge in [-0.1, -0.05) is 11.8 Å². The van der Waals surface area contributed by atoms with E-state index in [4.69, 9.17) is 9.47 Å². The van der Waals surface area contributed by atoms with Crippen LogP contribution in [-0.4, -0.2) is 31.9 Å². The molecule has 31 heavy (non-hydrogen) atoms. The van der Waals surface area contributed by atoms with Crippen LogP contribution < -0.4 is 9.47 Å². The van der Waals surface area contributed by atoms with Gasteiger partial charge in [0.2, 0.25) is 0 Å². The second-order valence-corrected chi connectivity index (χ2v) is 7.15. The molecule has 2 aromatic carbocycles. The summed E-state index contributed by atoms with van der Waals surface area (Å²) in [5.74, 6) is -0.321. The third-order valence-electron chi connectivity index (χ3n) is 3.85. The van der Waals surface area contributed by atoms with Crippen LogP contribution >= 0.6 is 11.8 Å². The number of aromatic nitrogens is 4. The Balaban J connectivity index is 1.34. The summed E-state index contributed by atoms with van der Waals surface area (Å²) in [6, 6.07) is 14.2. The zero-order valence-corrected chi connectivity index (χ0v) is 16.7. The lowest BCUT2D eigenvalue weighted by atomic mass is 10.3. The Morgan fingerprint density at radius 1 is 0.613 bits per heavy atom. The maximum absolute atomic E-state index is 12.0. The number of hydrogen-bond donors (Lipinski definition) is 0. The van der Waals surface area contributed by atoms with E-state index in [-0.39, 0.29) is 11.4 Å². The molecule has 4 rings (SSSR count). The van der Waals surface area contributed by atoms with Gasteiger partial charge in [0.1, 0.15) is 11.5 Å². The minimum absolute atomic E-state index is 0.140. The largest absolute Gasteiger partial charge is 0.422 e. The summed E-state index contributed by atoms with van der Waals surface area (Å²) in [4.78, 5) is 41.4. The van der Waals surface area contributed by atoms with Crippen molar-refractivity contribution in [3.8, 4) is 11.5 Å². The summed E-state index contributed by atoms with van der Waals surface area (Å²) in [7, 11) is 0. The Bertz CT molecular complexity index is 1080. The molecule has 0 unspecified atom stereocenters. The number of rotatable bonds is 6. The van der Waals surface area contributed by atoms with E-state index in [2.05, 4.69) is 19.9 Å². The first kappa shape index (κ1) is 20.2. The van der Waals surface area contributed by atoms with Gasteiger partial charge in [0.05, 0.1) is 12.4 Å². The first-order valence-corrected chi connectivity index (χ1v) is 9.83. The van der Waals surface area contributed by atoms with Gasteiger partial charge in [-0.2, -0.15) is 0 Å². The molecule has 0 fully saturated rings. The molecule has 0 aliphatic rings. The highest BCUT2D eigenvalue weighted by Crippen LogP contribution is 2.30. The molecule has 8 nitrogen and oxygen atoms in total. The fourth-order valence-corrected chi connectivity index (χ4v) is 3.23. The molecule has 2 aromatic heterocycles. The number of hydrogen-bond acceptors (Lipinski definition) is 9. The van der Waals surface area contributed by atoms with Crippen molar-refractivity contribution >= 4 is 23.7 Å². The van der Waals surface area contributed by atoms with Crippen LogP contribution in [0.15, 0.2) is 95.5 Å². The van der Waals surface area contributed by atoms with Gasteiger partial charge in [0.15, 0.2) is 11.4 Å². The van der Waals surface area contributed by atoms with Crippen LogP contribution in [0.3, 0.4) is 0 Å². The van der Waals surface area contributed by atoms with E-state index in [0.29, 0.717) is 11.5 Å². The minimum Gasteiger partial charge on any atom is -0.422 e. The van der Waals surface area contributed by atoms with E-state index in [1.54, 1.807) is 24.3 Å². The number of benzene rings is 2. The van der Waals surface area contributed by atoms with Crippen LogP contribution in [0.4, 0.5) is 0 Å². The molecule has 0 amide bonds. The topological polar surface area (TPSA) is 104 Å². The summed E-state index contributed by atoms with van der Waals surface area (Å²) in [6.45, 7) is 0. The quantitative estimate of drug-likeness (QED) is 0.333. The fourth-order valence-electron chi connectivity index (χ4n) is 2.42. The molecule has 4 aromatic rings. The van der Waals surface area contributed by atoms with Gasteiger partial charge in [-0.3, -0.25) is 9.97 Å². The van der Waals surface area contributed by atoms with Gasteiger partial charge >= 0.3 is 11.9 Å². The van der Waals surface area contributed by atoms with E-state index >= 15 is 0 Å². The Morgan fingerprint density at radius 3 is 1.39 bits per heavy atom. The lowest BCUT2D eigenvalue weighted by Crippen LogP contribution is -2.10. The lowest BCUT2D eigenvalue weighted by molar-refractivity contribution is 0.0718. The van der Waals surface area contributed by atoms with E-state index in [1.165, 1.54) is 48.9 Å². The molecular weight excluding hydrogens is 416 g/mol. The van der Waals surface area contributed by atoms with Gasteiger partial charge < -0.3 is 9.47 Å². The van der Waals surface area contributed by atoms with Crippen molar-refractivity contribution < 1.29 is 19.1 Å². The Kier molecular flexibility index (Phi) is 6.24. The van der Waals surface area contributed by atoms with Crippen molar-refractivity contribution in [1.82, 2.24) is 19.9 Å². The predicted molar refractivity (Wildman–Crippen MR) is 111 cm³/mol. The van der Waals surface area contributed by atoms with Crippen LogP contribution in [0, 0.1) is 0 Å². The van der Waals surface area contributed by atoms with Crippen molar-refractivity contribution in [2.75, 3.05) is 0 Å². The Hall–Kier alpha value is -4.11. The third kappa shape index (κ3) is 5.49. The van der Waals surface area contributed by atoms with Crippen LogP contribution in [-0.2, 0) is 0 Å². The third-order valence-corrected chi connectivity index (χ3v) is 4.86. The molecule has 0 aliphatic heterocycles. The fraction of sp³-hybridized carbons (Fsp3) is 0.